The van der Waals surface area contributed by atoms with Crippen LogP contribution in [0.3, 0.4) is 0 Å². The maximum Gasteiger partial charge on any atom is 0.449 e. The molecule has 0 aliphatic rings. The molecule has 4 nitrogen and oxygen atoms in total. The van der Waals surface area contributed by atoms with Gasteiger partial charge in [-0.3, -0.25) is 4.57 Å². The van der Waals surface area contributed by atoms with E-state index in [9.17, 15) is 13.2 Å². The van der Waals surface area contributed by atoms with Gasteiger partial charge in [0.2, 0.25) is 5.82 Å². The summed E-state index contributed by atoms with van der Waals surface area (Å²) in [5, 5.41) is 8.91. The smallest absolute Gasteiger partial charge is 0.361 e. The molecule has 0 aliphatic heterocycles. The zero-order chi connectivity index (χ0) is 17.2. The Morgan fingerprint density at radius 3 is 2.57 bits per heavy atom. The Morgan fingerprint density at radius 1 is 1.35 bits per heavy atom. The summed E-state index contributed by atoms with van der Waals surface area (Å²) >= 11 is 6.38. The number of halogens is 5. The summed E-state index contributed by atoms with van der Waals surface area (Å²) in [5.41, 5.74) is 0.959. The van der Waals surface area contributed by atoms with Crippen LogP contribution in [0.25, 0.3) is 11.3 Å². The van der Waals surface area contributed by atoms with E-state index in [1.165, 1.54) is 6.07 Å². The van der Waals surface area contributed by atoms with Gasteiger partial charge in [-0.1, -0.05) is 6.07 Å². The molecule has 0 unspecified atom stereocenters. The van der Waals surface area contributed by atoms with Gasteiger partial charge in [0, 0.05) is 16.6 Å². The van der Waals surface area contributed by atoms with Gasteiger partial charge >= 0.3 is 6.18 Å². The first-order chi connectivity index (χ1) is 10.8. The number of ether oxygens (including phenoxy) is 1. The van der Waals surface area contributed by atoms with Crippen molar-refractivity contribution in [2.24, 2.45) is 0 Å². The number of hydrogen-bond acceptors (Lipinski definition) is 3. The number of nitrogens with zero attached hydrogens (tertiary/aromatic N) is 3. The van der Waals surface area contributed by atoms with Crippen molar-refractivity contribution in [3.63, 3.8) is 0 Å². The Hall–Kier alpha value is -1.37. The van der Waals surface area contributed by atoms with Gasteiger partial charge in [0.05, 0.1) is 5.56 Å². The van der Waals surface area contributed by atoms with Crippen LogP contribution in [-0.2, 0) is 17.6 Å². The van der Waals surface area contributed by atoms with Crippen molar-refractivity contribution in [3.8, 4) is 17.3 Å². The Bertz CT molecular complexity index is 766. The van der Waals surface area contributed by atoms with Crippen molar-refractivity contribution in [2.45, 2.75) is 19.8 Å². The monoisotopic (exact) mass is 451 g/mol. The van der Waals surface area contributed by atoms with Crippen LogP contribution in [0, 0.1) is 11.3 Å². The second-order valence-corrected chi connectivity index (χ2v) is 6.03. The van der Waals surface area contributed by atoms with Gasteiger partial charge in [-0.05, 0) is 50.9 Å². The predicted octanol–water partition coefficient (Wildman–Crippen LogP) is 4.96. The van der Waals surface area contributed by atoms with E-state index in [2.05, 4.69) is 36.8 Å². The zero-order valence-electron chi connectivity index (χ0n) is 11.8. The van der Waals surface area contributed by atoms with Gasteiger partial charge in [0.1, 0.15) is 23.1 Å². The highest BCUT2D eigenvalue weighted by molar-refractivity contribution is 9.10. The van der Waals surface area contributed by atoms with Gasteiger partial charge in [-0.25, -0.2) is 4.98 Å². The fourth-order valence-electron chi connectivity index (χ4n) is 1.89. The molecular formula is C14H10Br2F3N3O. The Balaban J connectivity index is 2.58. The van der Waals surface area contributed by atoms with E-state index < -0.39 is 12.0 Å². The van der Waals surface area contributed by atoms with Gasteiger partial charge < -0.3 is 4.74 Å². The average molecular weight is 453 g/mol. The van der Waals surface area contributed by atoms with Crippen LogP contribution in [0.1, 0.15) is 18.3 Å². The van der Waals surface area contributed by atoms with E-state index in [1.54, 1.807) is 19.1 Å². The first-order valence-electron chi connectivity index (χ1n) is 6.40. The molecule has 1 aromatic carbocycles. The Labute approximate surface area is 147 Å². The number of aromatic nitrogens is 2. The second-order valence-electron chi connectivity index (χ2n) is 4.43. The van der Waals surface area contributed by atoms with Crippen molar-refractivity contribution in [3.05, 3.63) is 38.7 Å². The number of nitriles is 1. The molecule has 0 saturated heterocycles. The molecule has 0 bridgehead atoms. The van der Waals surface area contributed by atoms with Crippen LogP contribution in [0.4, 0.5) is 13.2 Å². The van der Waals surface area contributed by atoms with E-state index in [0.29, 0.717) is 15.6 Å². The van der Waals surface area contributed by atoms with Crippen molar-refractivity contribution in [1.29, 1.82) is 5.26 Å². The van der Waals surface area contributed by atoms with E-state index in [4.69, 9.17) is 10.00 Å². The molecular weight excluding hydrogens is 443 g/mol. The maximum absolute atomic E-state index is 13.2. The second kappa shape index (κ2) is 7.03. The first kappa shape index (κ1) is 18.0. The highest BCUT2D eigenvalue weighted by Gasteiger charge is 2.38. The van der Waals surface area contributed by atoms with Crippen molar-refractivity contribution in [1.82, 2.24) is 9.55 Å². The average Bonchev–Trinajstić information content (AvgIpc) is 2.82. The van der Waals surface area contributed by atoms with Gasteiger partial charge in [-0.15, -0.1) is 0 Å². The van der Waals surface area contributed by atoms with E-state index in [0.717, 1.165) is 4.57 Å². The van der Waals surface area contributed by atoms with E-state index >= 15 is 0 Å². The molecule has 1 aromatic heterocycles. The molecule has 23 heavy (non-hydrogen) atoms. The fraction of sp³-hybridized carbons (Fsp3) is 0.286. The first-order valence-corrected chi connectivity index (χ1v) is 7.99. The molecule has 9 heteroatoms. The zero-order valence-corrected chi connectivity index (χ0v) is 15.0. The summed E-state index contributed by atoms with van der Waals surface area (Å²) in [5.74, 6) is -1.05. The van der Waals surface area contributed by atoms with Crippen LogP contribution >= 0.6 is 31.9 Å². The van der Waals surface area contributed by atoms with Crippen LogP contribution in [-0.4, -0.2) is 16.2 Å². The summed E-state index contributed by atoms with van der Waals surface area (Å²) < 4.78 is 46.2. The minimum atomic E-state index is -4.61. The van der Waals surface area contributed by atoms with Crippen LogP contribution < -0.4 is 0 Å². The molecule has 0 spiro atoms. The standard InChI is InChI=1S/C14H10Br2F3N3O/c1-2-23-7-22-12(16)11(21-13(22)14(17,18)19)8-3-4-9(6-20)10(15)5-8/h3-5H,2,7H2,1H3. The lowest BCUT2D eigenvalue weighted by atomic mass is 10.1. The number of hydrogen-bond donors (Lipinski definition) is 0. The van der Waals surface area contributed by atoms with Crippen LogP contribution in [0.2, 0.25) is 0 Å². The lowest BCUT2D eigenvalue weighted by molar-refractivity contribution is -0.149. The molecule has 122 valence electrons. The topological polar surface area (TPSA) is 50.8 Å². The summed E-state index contributed by atoms with van der Waals surface area (Å²) in [6.45, 7) is 1.70. The molecule has 0 saturated carbocycles. The molecule has 0 radical (unpaired) electrons. The summed E-state index contributed by atoms with van der Waals surface area (Å²) in [4.78, 5) is 3.71. The third-order valence-electron chi connectivity index (χ3n) is 2.95. The summed E-state index contributed by atoms with van der Waals surface area (Å²) in [6, 6.07) is 6.58. The van der Waals surface area contributed by atoms with E-state index in [-0.39, 0.29) is 23.6 Å². The van der Waals surface area contributed by atoms with E-state index in [1.807, 2.05) is 6.07 Å². The molecule has 0 aliphatic carbocycles. The van der Waals surface area contributed by atoms with Crippen molar-refractivity contribution < 1.29 is 17.9 Å². The molecule has 2 aromatic rings. The quantitative estimate of drug-likeness (QED) is 0.658. The third-order valence-corrected chi connectivity index (χ3v) is 4.41. The number of alkyl halides is 3. The maximum atomic E-state index is 13.2. The SMILES string of the molecule is CCOCn1c(C(F)(F)F)nc(-c2ccc(C#N)c(Br)c2)c1Br. The highest BCUT2D eigenvalue weighted by Crippen LogP contribution is 2.37. The van der Waals surface area contributed by atoms with Crippen LogP contribution in [0.5, 0.6) is 0 Å². The highest BCUT2D eigenvalue weighted by atomic mass is 79.9. The molecule has 0 N–H and O–H groups in total. The normalized spacial score (nSPS) is 11.5. The third kappa shape index (κ3) is 3.76. The fourth-order valence-corrected chi connectivity index (χ4v) is 2.94. The van der Waals surface area contributed by atoms with Gasteiger partial charge in [0.25, 0.3) is 0 Å². The number of benzene rings is 1. The molecule has 0 fully saturated rings. The molecule has 0 atom stereocenters. The summed E-state index contributed by atoms with van der Waals surface area (Å²) in [6.07, 6.45) is -4.61. The molecule has 1 heterocycles. The van der Waals surface area contributed by atoms with Gasteiger partial charge in [-0.2, -0.15) is 18.4 Å². The largest absolute Gasteiger partial charge is 0.449 e. The number of imidazole rings is 1. The number of rotatable bonds is 4. The Kier molecular flexibility index (Phi) is 5.49. The lowest BCUT2D eigenvalue weighted by Crippen LogP contribution is -2.16. The summed E-state index contributed by atoms with van der Waals surface area (Å²) in [7, 11) is 0. The predicted molar refractivity (Wildman–Crippen MR) is 84.4 cm³/mol. The van der Waals surface area contributed by atoms with Gasteiger partial charge in [0.15, 0.2) is 0 Å². The van der Waals surface area contributed by atoms with Crippen molar-refractivity contribution >= 4 is 31.9 Å². The molecule has 0 amide bonds. The molecule has 2 rings (SSSR count). The minimum Gasteiger partial charge on any atom is -0.361 e. The van der Waals surface area contributed by atoms with Crippen LogP contribution in [0.15, 0.2) is 27.3 Å². The van der Waals surface area contributed by atoms with Crippen molar-refractivity contribution in [2.75, 3.05) is 6.61 Å². The lowest BCUT2D eigenvalue weighted by Gasteiger charge is -2.10. The minimum absolute atomic E-state index is 0.127. The Morgan fingerprint density at radius 2 is 2.04 bits per heavy atom.